The number of nitrogens with zero attached hydrogens (tertiary/aromatic N) is 3. The summed E-state index contributed by atoms with van der Waals surface area (Å²) in [4.78, 5) is 29.8. The molecule has 0 saturated carbocycles. The molecule has 0 fully saturated rings. The minimum Gasteiger partial charge on any atom is -0.494 e. The fourth-order valence-electron chi connectivity index (χ4n) is 4.30. The molecule has 1 heterocycles. The topological polar surface area (TPSA) is 112 Å². The number of methoxy groups -OCH3 is 1. The minimum absolute atomic E-state index is 0.182. The lowest BCUT2D eigenvalue weighted by atomic mass is 9.96. The number of benzene rings is 3. The summed E-state index contributed by atoms with van der Waals surface area (Å²) in [5, 5.41) is 14.2. The van der Waals surface area contributed by atoms with Gasteiger partial charge >= 0.3 is 5.97 Å². The smallest absolute Gasteiger partial charge is 0.344 e. The number of hydrogen-bond acceptors (Lipinski definition) is 7. The lowest BCUT2D eigenvalue weighted by molar-refractivity contribution is -0.144. The Bertz CT molecular complexity index is 1640. The van der Waals surface area contributed by atoms with Gasteiger partial charge in [-0.1, -0.05) is 26.0 Å². The molecule has 40 heavy (non-hydrogen) atoms. The third-order valence-electron chi connectivity index (χ3n) is 6.43. The van der Waals surface area contributed by atoms with Crippen LogP contribution in [0.4, 0.5) is 0 Å². The third kappa shape index (κ3) is 5.83. The van der Waals surface area contributed by atoms with Gasteiger partial charge in [-0.05, 0) is 85.8 Å². The normalized spacial score (nSPS) is 12.2. The lowest BCUT2D eigenvalue weighted by Gasteiger charge is -2.18. The van der Waals surface area contributed by atoms with Crippen LogP contribution in [0.5, 0.6) is 17.2 Å². The standard InChI is InChI=1S/C31H33N3O6/c1-7-39-27-14-19(4)24(16-23(27)18(2)3)29-33-25-11-9-8-10-22(25)30(35)34(29)32-17-21-12-13-26(28(15-21)38-6)40-20(5)31(36)37/h8-18,20H,7H2,1-6H3,(H,36,37)/t20-/m0/s1. The first-order valence-corrected chi connectivity index (χ1v) is 13.1. The Hall–Kier alpha value is -4.66. The van der Waals surface area contributed by atoms with Gasteiger partial charge in [0.1, 0.15) is 5.75 Å². The average Bonchev–Trinajstić information content (AvgIpc) is 2.93. The van der Waals surface area contributed by atoms with Crippen molar-refractivity contribution >= 4 is 23.1 Å². The monoisotopic (exact) mass is 543 g/mol. The van der Waals surface area contributed by atoms with Gasteiger partial charge in [-0.15, -0.1) is 0 Å². The van der Waals surface area contributed by atoms with Crippen LogP contribution in [0.3, 0.4) is 0 Å². The van der Waals surface area contributed by atoms with E-state index in [0.29, 0.717) is 34.6 Å². The van der Waals surface area contributed by atoms with Crippen molar-refractivity contribution < 1.29 is 24.1 Å². The number of carboxylic acid groups (broad SMARTS) is 1. The van der Waals surface area contributed by atoms with E-state index in [9.17, 15) is 9.59 Å². The predicted molar refractivity (Wildman–Crippen MR) is 155 cm³/mol. The van der Waals surface area contributed by atoms with E-state index < -0.39 is 12.1 Å². The number of ether oxygens (including phenoxy) is 3. The van der Waals surface area contributed by atoms with Crippen molar-refractivity contribution in [1.29, 1.82) is 0 Å². The molecule has 0 saturated heterocycles. The van der Waals surface area contributed by atoms with E-state index >= 15 is 0 Å². The summed E-state index contributed by atoms with van der Waals surface area (Å²) in [6.45, 7) is 10.1. The summed E-state index contributed by atoms with van der Waals surface area (Å²) >= 11 is 0. The number of fused-ring (bicyclic) bond motifs is 1. The number of rotatable bonds is 10. The molecule has 0 aliphatic heterocycles. The number of para-hydroxylation sites is 1. The van der Waals surface area contributed by atoms with Crippen LogP contribution in [0.15, 0.2) is 64.5 Å². The Morgan fingerprint density at radius 2 is 1.82 bits per heavy atom. The highest BCUT2D eigenvalue weighted by atomic mass is 16.5. The zero-order chi connectivity index (χ0) is 29.0. The van der Waals surface area contributed by atoms with Crippen LogP contribution >= 0.6 is 0 Å². The largest absolute Gasteiger partial charge is 0.494 e. The fourth-order valence-corrected chi connectivity index (χ4v) is 4.30. The molecule has 0 aliphatic carbocycles. The van der Waals surface area contributed by atoms with Crippen LogP contribution in [0.2, 0.25) is 0 Å². The molecular weight excluding hydrogens is 510 g/mol. The second kappa shape index (κ2) is 12.0. The van der Waals surface area contributed by atoms with E-state index in [4.69, 9.17) is 24.3 Å². The molecule has 3 aromatic carbocycles. The molecule has 9 nitrogen and oxygen atoms in total. The quantitative estimate of drug-likeness (QED) is 0.258. The van der Waals surface area contributed by atoms with Gasteiger partial charge in [-0.2, -0.15) is 9.78 Å². The van der Waals surface area contributed by atoms with Crippen molar-refractivity contribution in [2.45, 2.75) is 46.6 Å². The Morgan fingerprint density at radius 1 is 1.07 bits per heavy atom. The van der Waals surface area contributed by atoms with E-state index in [1.807, 2.05) is 38.1 Å². The molecule has 0 bridgehead atoms. The molecule has 0 unspecified atom stereocenters. The molecule has 1 aromatic heterocycles. The van der Waals surface area contributed by atoms with E-state index in [1.165, 1.54) is 24.9 Å². The maximum atomic E-state index is 13.7. The van der Waals surface area contributed by atoms with Gasteiger partial charge in [0.2, 0.25) is 0 Å². The van der Waals surface area contributed by atoms with Crippen LogP contribution in [0, 0.1) is 6.92 Å². The van der Waals surface area contributed by atoms with Gasteiger partial charge in [0.15, 0.2) is 23.4 Å². The van der Waals surface area contributed by atoms with Gasteiger partial charge in [0, 0.05) is 5.56 Å². The van der Waals surface area contributed by atoms with E-state index in [-0.39, 0.29) is 17.2 Å². The van der Waals surface area contributed by atoms with Crippen molar-refractivity contribution in [2.75, 3.05) is 13.7 Å². The minimum atomic E-state index is -1.09. The first kappa shape index (κ1) is 28.4. The molecule has 0 spiro atoms. The number of aromatic nitrogens is 2. The van der Waals surface area contributed by atoms with Crippen molar-refractivity contribution in [3.05, 3.63) is 81.6 Å². The summed E-state index contributed by atoms with van der Waals surface area (Å²) in [6, 6.07) is 16.1. The predicted octanol–water partition coefficient (Wildman–Crippen LogP) is 5.64. The molecule has 1 N–H and O–H groups in total. The lowest BCUT2D eigenvalue weighted by Crippen LogP contribution is -2.23. The van der Waals surface area contributed by atoms with E-state index in [0.717, 1.165) is 22.4 Å². The second-order valence-corrected chi connectivity index (χ2v) is 9.62. The van der Waals surface area contributed by atoms with Gasteiger partial charge in [0.05, 0.1) is 30.8 Å². The summed E-state index contributed by atoms with van der Waals surface area (Å²) in [6.07, 6.45) is 0.480. The summed E-state index contributed by atoms with van der Waals surface area (Å²) in [5.74, 6) is 0.931. The molecule has 0 radical (unpaired) electrons. The first-order chi connectivity index (χ1) is 19.1. The second-order valence-electron chi connectivity index (χ2n) is 9.62. The zero-order valence-corrected chi connectivity index (χ0v) is 23.5. The van der Waals surface area contributed by atoms with Crippen LogP contribution in [0.1, 0.15) is 50.3 Å². The summed E-state index contributed by atoms with van der Waals surface area (Å²) in [5.41, 5.74) is 3.56. The van der Waals surface area contributed by atoms with Gasteiger partial charge in [0.25, 0.3) is 5.56 Å². The zero-order valence-electron chi connectivity index (χ0n) is 23.5. The molecule has 208 valence electrons. The third-order valence-corrected chi connectivity index (χ3v) is 6.43. The molecule has 1 atom stereocenters. The van der Waals surface area contributed by atoms with Crippen LogP contribution < -0.4 is 19.8 Å². The number of hydrogen-bond donors (Lipinski definition) is 1. The Morgan fingerprint density at radius 3 is 2.50 bits per heavy atom. The van der Waals surface area contributed by atoms with Crippen molar-refractivity contribution in [3.63, 3.8) is 0 Å². The molecule has 0 aliphatic rings. The van der Waals surface area contributed by atoms with Crippen molar-refractivity contribution in [3.8, 4) is 28.6 Å². The molecule has 9 heteroatoms. The SMILES string of the molecule is CCOc1cc(C)c(-c2nc3ccccc3c(=O)n2N=Cc2ccc(O[C@@H](C)C(=O)O)c(OC)c2)cc1C(C)C. The van der Waals surface area contributed by atoms with Gasteiger partial charge in [-0.3, -0.25) is 4.79 Å². The van der Waals surface area contributed by atoms with E-state index in [1.54, 1.807) is 30.3 Å². The van der Waals surface area contributed by atoms with Crippen LogP contribution in [0.25, 0.3) is 22.3 Å². The number of carbonyl (C=O) groups is 1. The van der Waals surface area contributed by atoms with Crippen molar-refractivity contribution in [2.24, 2.45) is 5.10 Å². The summed E-state index contributed by atoms with van der Waals surface area (Å²) in [7, 11) is 1.46. The van der Waals surface area contributed by atoms with Crippen molar-refractivity contribution in [1.82, 2.24) is 9.66 Å². The highest BCUT2D eigenvalue weighted by molar-refractivity contribution is 5.83. The molecule has 4 aromatic rings. The van der Waals surface area contributed by atoms with Gasteiger partial charge < -0.3 is 19.3 Å². The van der Waals surface area contributed by atoms with Crippen LogP contribution in [-0.4, -0.2) is 46.8 Å². The summed E-state index contributed by atoms with van der Waals surface area (Å²) < 4.78 is 18.1. The average molecular weight is 544 g/mol. The Labute approximate surface area is 232 Å². The maximum Gasteiger partial charge on any atom is 0.344 e. The Balaban J connectivity index is 1.86. The number of aryl methyl sites for hydroxylation is 1. The van der Waals surface area contributed by atoms with Crippen LogP contribution in [-0.2, 0) is 4.79 Å². The van der Waals surface area contributed by atoms with Gasteiger partial charge in [-0.25, -0.2) is 9.78 Å². The number of carboxylic acids is 1. The first-order valence-electron chi connectivity index (χ1n) is 13.1. The highest BCUT2D eigenvalue weighted by Gasteiger charge is 2.19. The Kier molecular flexibility index (Phi) is 8.52. The molecule has 4 rings (SSSR count). The number of aliphatic carboxylic acids is 1. The fraction of sp³-hybridized carbons (Fsp3) is 0.290. The van der Waals surface area contributed by atoms with E-state index in [2.05, 4.69) is 18.9 Å². The maximum absolute atomic E-state index is 13.7. The molecule has 0 amide bonds. The molecular formula is C31H33N3O6. The highest BCUT2D eigenvalue weighted by Crippen LogP contribution is 2.34.